The van der Waals surface area contributed by atoms with Crippen molar-refractivity contribution in [2.24, 2.45) is 7.05 Å². The number of hydrogen-bond acceptors (Lipinski definition) is 4. The predicted octanol–water partition coefficient (Wildman–Crippen LogP) is 4.24. The second kappa shape index (κ2) is 8.18. The zero-order valence-corrected chi connectivity index (χ0v) is 18.5. The molecule has 10 heteroatoms. The van der Waals surface area contributed by atoms with Crippen LogP contribution < -0.4 is 10.9 Å². The monoisotopic (exact) mass is 478 g/mol. The van der Waals surface area contributed by atoms with E-state index in [2.05, 4.69) is 16.9 Å². The molecule has 6 nitrogen and oxygen atoms in total. The van der Waals surface area contributed by atoms with E-state index < -0.39 is 22.7 Å². The Morgan fingerprint density at radius 2 is 2.03 bits per heavy atom. The summed E-state index contributed by atoms with van der Waals surface area (Å²) in [5, 5.41) is 2.91. The average molecular weight is 479 g/mol. The first-order valence-corrected chi connectivity index (χ1v) is 10.4. The van der Waals surface area contributed by atoms with E-state index in [0.717, 1.165) is 6.08 Å². The van der Waals surface area contributed by atoms with Crippen LogP contribution >= 0.6 is 23.2 Å². The maximum Gasteiger partial charge on any atom is 0.263 e. The summed E-state index contributed by atoms with van der Waals surface area (Å²) in [6, 6.07) is 5.40. The Labute approximate surface area is 192 Å². The molecule has 4 rings (SSSR count). The van der Waals surface area contributed by atoms with E-state index in [4.69, 9.17) is 23.2 Å². The molecule has 0 spiro atoms. The molecule has 1 atom stereocenters. The number of carbonyl (C=O) groups is 1. The molecule has 1 aliphatic heterocycles. The van der Waals surface area contributed by atoms with Gasteiger partial charge in [-0.05, 0) is 36.8 Å². The van der Waals surface area contributed by atoms with Crippen molar-refractivity contribution in [1.82, 2.24) is 14.5 Å². The van der Waals surface area contributed by atoms with E-state index >= 15 is 8.78 Å². The van der Waals surface area contributed by atoms with E-state index in [9.17, 15) is 9.59 Å². The van der Waals surface area contributed by atoms with Gasteiger partial charge in [0.05, 0.1) is 33.1 Å². The van der Waals surface area contributed by atoms with Crippen molar-refractivity contribution in [3.8, 4) is 0 Å². The molecule has 3 aromatic rings. The predicted molar refractivity (Wildman–Crippen MR) is 120 cm³/mol. The molecule has 0 aliphatic carbocycles. The lowest BCUT2D eigenvalue weighted by Crippen LogP contribution is -2.41. The van der Waals surface area contributed by atoms with Crippen molar-refractivity contribution in [3.63, 3.8) is 0 Å². The number of nitrogens with zero attached hydrogens (tertiary/aromatic N) is 3. The number of anilines is 1. The largest absolute Gasteiger partial charge is 0.371 e. The van der Waals surface area contributed by atoms with Crippen LogP contribution in [0.3, 0.4) is 0 Å². The van der Waals surface area contributed by atoms with Crippen LogP contribution in [0.4, 0.5) is 14.5 Å². The lowest BCUT2D eigenvalue weighted by atomic mass is 9.87. The number of aromatic nitrogens is 2. The van der Waals surface area contributed by atoms with Gasteiger partial charge in [-0.25, -0.2) is 13.8 Å². The lowest BCUT2D eigenvalue weighted by molar-refractivity contribution is -0.125. The molecule has 0 radical (unpaired) electrons. The number of benzene rings is 2. The van der Waals surface area contributed by atoms with Crippen molar-refractivity contribution in [2.45, 2.75) is 12.0 Å². The third-order valence-corrected chi connectivity index (χ3v) is 6.48. The smallest absolute Gasteiger partial charge is 0.263 e. The van der Waals surface area contributed by atoms with E-state index in [1.165, 1.54) is 47.1 Å². The highest BCUT2D eigenvalue weighted by atomic mass is 35.5. The average Bonchev–Trinajstić information content (AvgIpc) is 3.19. The van der Waals surface area contributed by atoms with Gasteiger partial charge in [0.25, 0.3) is 5.56 Å². The first-order chi connectivity index (χ1) is 15.2. The van der Waals surface area contributed by atoms with Crippen molar-refractivity contribution in [3.05, 3.63) is 80.8 Å². The van der Waals surface area contributed by atoms with Crippen LogP contribution in [0.25, 0.3) is 10.9 Å². The highest BCUT2D eigenvalue weighted by Crippen LogP contribution is 2.43. The van der Waals surface area contributed by atoms with E-state index in [0.29, 0.717) is 0 Å². The molecule has 1 N–H and O–H groups in total. The summed E-state index contributed by atoms with van der Waals surface area (Å²) in [5.41, 5.74) is -1.71. The van der Waals surface area contributed by atoms with Crippen LogP contribution in [-0.4, -0.2) is 33.4 Å². The Hall–Kier alpha value is -2.97. The maximum atomic E-state index is 15.5. The van der Waals surface area contributed by atoms with E-state index in [1.54, 1.807) is 0 Å². The Balaban J connectivity index is 1.90. The minimum absolute atomic E-state index is 0.0165. The molecule has 1 amide bonds. The maximum absolute atomic E-state index is 15.5. The van der Waals surface area contributed by atoms with Gasteiger partial charge < -0.3 is 14.8 Å². The first kappa shape index (κ1) is 22.2. The fraction of sp³-hybridized carbons (Fsp3) is 0.227. The summed E-state index contributed by atoms with van der Waals surface area (Å²) >= 11 is 12.5. The Kier molecular flexibility index (Phi) is 5.68. The summed E-state index contributed by atoms with van der Waals surface area (Å²) in [7, 11) is 1.46. The molecule has 0 unspecified atom stereocenters. The number of halogens is 4. The van der Waals surface area contributed by atoms with Crippen LogP contribution in [0.15, 0.2) is 48.0 Å². The first-order valence-electron chi connectivity index (χ1n) is 9.66. The Bertz CT molecular complexity index is 1330. The Morgan fingerprint density at radius 3 is 2.75 bits per heavy atom. The van der Waals surface area contributed by atoms with Gasteiger partial charge in [0.15, 0.2) is 5.82 Å². The number of rotatable bonds is 4. The number of carbonyl (C=O) groups excluding carboxylic acids is 1. The van der Waals surface area contributed by atoms with Crippen molar-refractivity contribution in [2.75, 3.05) is 18.4 Å². The quantitative estimate of drug-likeness (QED) is 0.449. The number of nitrogens with one attached hydrogen (secondary N) is 1. The molecule has 2 heterocycles. The second-order valence-corrected chi connectivity index (χ2v) is 8.41. The normalized spacial score (nSPS) is 18.2. The lowest BCUT2D eigenvalue weighted by Gasteiger charge is -2.33. The van der Waals surface area contributed by atoms with Gasteiger partial charge in [-0.1, -0.05) is 29.8 Å². The van der Waals surface area contributed by atoms with Crippen LogP contribution in [0, 0.1) is 11.6 Å². The van der Waals surface area contributed by atoms with Crippen LogP contribution in [0.5, 0.6) is 0 Å². The van der Waals surface area contributed by atoms with Crippen molar-refractivity contribution in [1.29, 1.82) is 0 Å². The number of hydrogen-bond donors (Lipinski definition) is 1. The molecule has 166 valence electrons. The standard InChI is InChI=1S/C22H18Cl2F2N4O2/c1-3-16(31)30-9-8-22(10-30,18-13(25)5-4-12(23)19(18)24)28-15-7-6-14-17(20(15)26)21(32)29(2)11-27-14/h3-7,11,28H,1,8-10H2,2H3/t22-/m1/s1. The Morgan fingerprint density at radius 1 is 1.28 bits per heavy atom. The molecule has 2 aromatic carbocycles. The van der Waals surface area contributed by atoms with E-state index in [1.807, 2.05) is 0 Å². The molecule has 1 aliphatic rings. The van der Waals surface area contributed by atoms with Gasteiger partial charge in [0.2, 0.25) is 5.91 Å². The summed E-state index contributed by atoms with van der Waals surface area (Å²) < 4.78 is 31.7. The molecule has 0 saturated carbocycles. The molecular formula is C22H18Cl2F2N4O2. The van der Waals surface area contributed by atoms with E-state index in [-0.39, 0.29) is 57.6 Å². The summed E-state index contributed by atoms with van der Waals surface area (Å²) in [4.78, 5) is 30.3. The number of amides is 1. The SMILES string of the molecule is C=CC(=O)N1CC[C@](Nc2ccc3ncn(C)c(=O)c3c2F)(c2c(F)ccc(Cl)c2Cl)C1. The highest BCUT2D eigenvalue weighted by molar-refractivity contribution is 6.42. The van der Waals surface area contributed by atoms with Crippen LogP contribution in [0.1, 0.15) is 12.0 Å². The highest BCUT2D eigenvalue weighted by Gasteiger charge is 2.45. The molecule has 0 bridgehead atoms. The van der Waals surface area contributed by atoms with Crippen molar-refractivity contribution >= 4 is 45.7 Å². The molecule has 1 fully saturated rings. The van der Waals surface area contributed by atoms with Gasteiger partial charge >= 0.3 is 0 Å². The van der Waals surface area contributed by atoms with Crippen LogP contribution in [0.2, 0.25) is 10.0 Å². The molecular weight excluding hydrogens is 461 g/mol. The number of aryl methyl sites for hydroxylation is 1. The van der Waals surface area contributed by atoms with Crippen LogP contribution in [-0.2, 0) is 17.4 Å². The van der Waals surface area contributed by atoms with Gasteiger partial charge in [0.1, 0.15) is 11.2 Å². The van der Waals surface area contributed by atoms with Gasteiger partial charge in [-0.15, -0.1) is 0 Å². The summed E-state index contributed by atoms with van der Waals surface area (Å²) in [5.74, 6) is -1.84. The fourth-order valence-electron chi connectivity index (χ4n) is 4.07. The third-order valence-electron chi connectivity index (χ3n) is 5.68. The molecule has 1 saturated heterocycles. The zero-order chi connectivity index (χ0) is 23.2. The number of likely N-dealkylation sites (tertiary alicyclic amines) is 1. The van der Waals surface area contributed by atoms with Gasteiger partial charge in [-0.3, -0.25) is 9.59 Å². The van der Waals surface area contributed by atoms with Gasteiger partial charge in [0, 0.05) is 25.7 Å². The summed E-state index contributed by atoms with van der Waals surface area (Å²) in [6.45, 7) is 3.72. The third kappa shape index (κ3) is 3.53. The topological polar surface area (TPSA) is 67.2 Å². The summed E-state index contributed by atoms with van der Waals surface area (Å²) in [6.07, 6.45) is 2.67. The fourth-order valence-corrected chi connectivity index (χ4v) is 4.56. The number of fused-ring (bicyclic) bond motifs is 1. The molecule has 1 aromatic heterocycles. The molecule has 32 heavy (non-hydrogen) atoms. The van der Waals surface area contributed by atoms with Crippen molar-refractivity contribution < 1.29 is 13.6 Å². The second-order valence-electron chi connectivity index (χ2n) is 7.62. The van der Waals surface area contributed by atoms with Gasteiger partial charge in [-0.2, -0.15) is 0 Å². The minimum atomic E-state index is -1.30. The zero-order valence-electron chi connectivity index (χ0n) is 17.0. The minimum Gasteiger partial charge on any atom is -0.371 e.